The van der Waals surface area contributed by atoms with Crippen LogP contribution in [-0.2, 0) is 9.59 Å². The number of likely N-dealkylation sites (tertiary alicyclic amines) is 2. The van der Waals surface area contributed by atoms with Crippen LogP contribution in [0.1, 0.15) is 46.0 Å². The summed E-state index contributed by atoms with van der Waals surface area (Å²) in [6.45, 7) is 6.10. The summed E-state index contributed by atoms with van der Waals surface area (Å²) in [5, 5.41) is 14.8. The number of nitrogens with zero attached hydrogens (tertiary/aromatic N) is 4. The molecule has 0 unspecified atom stereocenters. The number of nitriles is 1. The number of amides is 2. The van der Waals surface area contributed by atoms with Gasteiger partial charge in [0.1, 0.15) is 11.8 Å². The van der Waals surface area contributed by atoms with E-state index in [1.54, 1.807) is 4.90 Å². The number of guanidine groups is 1. The molecule has 1 aromatic carbocycles. The number of aliphatic imine (C=N–C) groups is 1. The zero-order chi connectivity index (χ0) is 22.9. The zero-order valence-electron chi connectivity index (χ0n) is 18.8. The molecule has 0 radical (unpaired) electrons. The summed E-state index contributed by atoms with van der Waals surface area (Å²) in [5.74, 6) is 0.776. The van der Waals surface area contributed by atoms with Gasteiger partial charge >= 0.3 is 0 Å². The number of hydrogen-bond acceptors (Lipinski definition) is 5. The summed E-state index contributed by atoms with van der Waals surface area (Å²) in [6.07, 6.45) is 6.22. The van der Waals surface area contributed by atoms with E-state index in [0.29, 0.717) is 18.7 Å². The normalized spacial score (nSPS) is 19.5. The van der Waals surface area contributed by atoms with Crippen molar-refractivity contribution < 1.29 is 14.3 Å². The summed E-state index contributed by atoms with van der Waals surface area (Å²) in [6, 6.07) is 6.66. The molecular weight excluding hydrogens is 408 g/mol. The largest absolute Gasteiger partial charge is 0.491 e. The standard InChI is InChI=1S/C23H32N6O3/c1-17(2)32-19-10-8-18(9-11-19)26-23(25-16-24)27-20-7-3-4-14-29(22(20)31)15-21(30)28-12-5-6-13-28/h8-11,17,20H,3-7,12-15H2,1-2H3,(H2,25,26,27)/t20-/m0/s1. The lowest BCUT2D eigenvalue weighted by atomic mass is 10.1. The Labute approximate surface area is 189 Å². The van der Waals surface area contributed by atoms with Crippen LogP contribution in [0.15, 0.2) is 29.3 Å². The molecule has 0 aliphatic carbocycles. The first-order valence-corrected chi connectivity index (χ1v) is 11.3. The lowest BCUT2D eigenvalue weighted by Gasteiger charge is -2.25. The fourth-order valence-corrected chi connectivity index (χ4v) is 3.92. The highest BCUT2D eigenvalue weighted by Crippen LogP contribution is 2.19. The smallest absolute Gasteiger partial charge is 0.247 e. The number of ether oxygens (including phenoxy) is 1. The Balaban J connectivity index is 1.69. The average molecular weight is 441 g/mol. The second-order valence-electron chi connectivity index (χ2n) is 8.39. The van der Waals surface area contributed by atoms with Crippen LogP contribution in [0.25, 0.3) is 0 Å². The van der Waals surface area contributed by atoms with Gasteiger partial charge < -0.3 is 19.9 Å². The van der Waals surface area contributed by atoms with Crippen LogP contribution in [0.2, 0.25) is 0 Å². The van der Waals surface area contributed by atoms with Crippen molar-refractivity contribution in [3.05, 3.63) is 24.3 Å². The van der Waals surface area contributed by atoms with Crippen LogP contribution < -0.4 is 15.4 Å². The second kappa shape index (κ2) is 11.4. The van der Waals surface area contributed by atoms with E-state index in [1.165, 1.54) is 0 Å². The second-order valence-corrected chi connectivity index (χ2v) is 8.39. The third kappa shape index (κ3) is 6.61. The molecule has 9 nitrogen and oxygen atoms in total. The van der Waals surface area contributed by atoms with E-state index in [2.05, 4.69) is 15.6 Å². The molecule has 1 aromatic rings. The fraction of sp³-hybridized carbons (Fsp3) is 0.565. The molecule has 2 aliphatic rings. The van der Waals surface area contributed by atoms with Crippen molar-refractivity contribution in [2.75, 3.05) is 31.5 Å². The number of carbonyl (C=O) groups is 2. The Bertz CT molecular complexity index is 855. The minimum absolute atomic E-state index is 0.00214. The average Bonchev–Trinajstić information content (AvgIpc) is 3.25. The molecule has 172 valence electrons. The Morgan fingerprint density at radius 1 is 1.19 bits per heavy atom. The van der Waals surface area contributed by atoms with Gasteiger partial charge in [0.2, 0.25) is 17.8 Å². The molecule has 0 spiro atoms. The third-order valence-corrected chi connectivity index (χ3v) is 5.49. The van der Waals surface area contributed by atoms with Crippen LogP contribution >= 0.6 is 0 Å². The molecule has 2 heterocycles. The van der Waals surface area contributed by atoms with E-state index < -0.39 is 6.04 Å². The SMILES string of the molecule is CC(C)Oc1ccc(NC(=N[C@H]2CCCCN(CC(=O)N3CCCC3)C2=O)NC#N)cc1. The molecule has 0 aromatic heterocycles. The molecule has 1 atom stereocenters. The van der Waals surface area contributed by atoms with Gasteiger partial charge in [-0.1, -0.05) is 0 Å². The zero-order valence-corrected chi connectivity index (χ0v) is 18.8. The number of anilines is 1. The first kappa shape index (κ1) is 23.4. The van der Waals surface area contributed by atoms with Gasteiger partial charge in [-0.3, -0.25) is 14.9 Å². The maximum absolute atomic E-state index is 13.1. The predicted octanol–water partition coefficient (Wildman–Crippen LogP) is 2.32. The predicted molar refractivity (Wildman–Crippen MR) is 122 cm³/mol. The number of carbonyl (C=O) groups excluding carboxylic acids is 2. The van der Waals surface area contributed by atoms with Gasteiger partial charge in [0.05, 0.1) is 12.6 Å². The van der Waals surface area contributed by atoms with Gasteiger partial charge in [-0.05, 0) is 70.2 Å². The summed E-state index contributed by atoms with van der Waals surface area (Å²) in [5.41, 5.74) is 0.713. The molecule has 2 fully saturated rings. The molecule has 2 aliphatic heterocycles. The molecule has 9 heteroatoms. The lowest BCUT2D eigenvalue weighted by molar-refractivity contribution is -0.140. The van der Waals surface area contributed by atoms with Crippen LogP contribution in [-0.4, -0.2) is 65.9 Å². The minimum atomic E-state index is -0.643. The summed E-state index contributed by atoms with van der Waals surface area (Å²) in [4.78, 5) is 33.6. The Morgan fingerprint density at radius 3 is 2.53 bits per heavy atom. The molecule has 2 amide bonds. The van der Waals surface area contributed by atoms with Gasteiger partial charge in [-0.2, -0.15) is 5.26 Å². The lowest BCUT2D eigenvalue weighted by Crippen LogP contribution is -2.45. The van der Waals surface area contributed by atoms with Crippen molar-refractivity contribution in [3.8, 4) is 11.9 Å². The molecule has 32 heavy (non-hydrogen) atoms. The Hall–Kier alpha value is -3.28. The molecule has 2 N–H and O–H groups in total. The molecule has 0 bridgehead atoms. The number of hydrogen-bond donors (Lipinski definition) is 2. The topological polar surface area (TPSA) is 110 Å². The van der Waals surface area contributed by atoms with Gasteiger partial charge in [0, 0.05) is 25.3 Å². The number of benzene rings is 1. The van der Waals surface area contributed by atoms with Crippen LogP contribution in [0.4, 0.5) is 5.69 Å². The summed E-state index contributed by atoms with van der Waals surface area (Å²) in [7, 11) is 0. The van der Waals surface area contributed by atoms with Crippen LogP contribution in [0.3, 0.4) is 0 Å². The van der Waals surface area contributed by atoms with Gasteiger partial charge in [-0.25, -0.2) is 4.99 Å². The van der Waals surface area contributed by atoms with Crippen molar-refractivity contribution >= 4 is 23.5 Å². The minimum Gasteiger partial charge on any atom is -0.491 e. The summed E-state index contributed by atoms with van der Waals surface area (Å²) < 4.78 is 5.64. The van der Waals surface area contributed by atoms with Gasteiger partial charge in [-0.15, -0.1) is 0 Å². The Morgan fingerprint density at radius 2 is 1.88 bits per heavy atom. The van der Waals surface area contributed by atoms with E-state index in [0.717, 1.165) is 44.5 Å². The van der Waals surface area contributed by atoms with E-state index in [4.69, 9.17) is 10.00 Å². The maximum atomic E-state index is 13.1. The maximum Gasteiger partial charge on any atom is 0.247 e. The molecule has 0 saturated carbocycles. The quantitative estimate of drug-likeness (QED) is 0.304. The van der Waals surface area contributed by atoms with Crippen molar-refractivity contribution in [1.29, 1.82) is 5.26 Å². The molecular formula is C23H32N6O3. The van der Waals surface area contributed by atoms with Crippen LogP contribution in [0, 0.1) is 11.5 Å². The third-order valence-electron chi connectivity index (χ3n) is 5.49. The van der Waals surface area contributed by atoms with E-state index in [1.807, 2.05) is 49.2 Å². The van der Waals surface area contributed by atoms with E-state index in [9.17, 15) is 9.59 Å². The highest BCUT2D eigenvalue weighted by Gasteiger charge is 2.30. The van der Waals surface area contributed by atoms with Crippen molar-refractivity contribution in [1.82, 2.24) is 15.1 Å². The molecule has 2 saturated heterocycles. The first-order valence-electron chi connectivity index (χ1n) is 11.3. The van der Waals surface area contributed by atoms with Gasteiger partial charge in [0.15, 0.2) is 6.19 Å². The van der Waals surface area contributed by atoms with Crippen molar-refractivity contribution in [2.24, 2.45) is 4.99 Å². The van der Waals surface area contributed by atoms with E-state index >= 15 is 0 Å². The highest BCUT2D eigenvalue weighted by atomic mass is 16.5. The summed E-state index contributed by atoms with van der Waals surface area (Å²) >= 11 is 0. The highest BCUT2D eigenvalue weighted by molar-refractivity contribution is 5.97. The van der Waals surface area contributed by atoms with Crippen LogP contribution in [0.5, 0.6) is 5.75 Å². The van der Waals surface area contributed by atoms with Crippen molar-refractivity contribution in [2.45, 2.75) is 58.1 Å². The molecule has 3 rings (SSSR count). The van der Waals surface area contributed by atoms with Gasteiger partial charge in [0.25, 0.3) is 0 Å². The van der Waals surface area contributed by atoms with E-state index in [-0.39, 0.29) is 30.4 Å². The Kier molecular flexibility index (Phi) is 8.31. The first-order chi connectivity index (χ1) is 15.5. The number of nitrogens with one attached hydrogen (secondary N) is 2. The number of rotatable bonds is 6. The monoisotopic (exact) mass is 440 g/mol. The fourth-order valence-electron chi connectivity index (χ4n) is 3.92. The van der Waals surface area contributed by atoms with Crippen molar-refractivity contribution in [3.63, 3.8) is 0 Å².